The number of benzene rings is 1. The van der Waals surface area contributed by atoms with Crippen molar-refractivity contribution in [2.45, 2.75) is 37.6 Å². The number of aromatic hydroxyl groups is 1. The van der Waals surface area contributed by atoms with Crippen LogP contribution < -0.4 is 15.1 Å². The first-order chi connectivity index (χ1) is 14.5. The molecule has 2 aromatic rings. The fraction of sp³-hybridized carbons (Fsp3) is 0.429. The van der Waals surface area contributed by atoms with Crippen LogP contribution in [-0.2, 0) is 4.79 Å². The highest BCUT2D eigenvalue weighted by Crippen LogP contribution is 2.25. The normalized spacial score (nSPS) is 14.5. The van der Waals surface area contributed by atoms with Crippen LogP contribution in [0.25, 0.3) is 0 Å². The van der Waals surface area contributed by atoms with Crippen LogP contribution in [0.2, 0.25) is 0 Å². The van der Waals surface area contributed by atoms with E-state index in [-0.39, 0.29) is 17.4 Å². The van der Waals surface area contributed by atoms with Crippen LogP contribution in [0.3, 0.4) is 0 Å². The number of carbonyl (C=O) groups is 1. The number of carbonyl (C=O) groups excluding carboxylic acids is 1. The first-order valence-corrected chi connectivity index (χ1v) is 11.0. The molecule has 0 saturated carbocycles. The average Bonchev–Trinajstić information content (AvgIpc) is 3.03. The van der Waals surface area contributed by atoms with Crippen LogP contribution >= 0.6 is 11.8 Å². The molecule has 8 nitrogen and oxygen atoms in total. The fourth-order valence-corrected chi connectivity index (χ4v) is 3.88. The van der Waals surface area contributed by atoms with Crippen molar-refractivity contribution >= 4 is 29.8 Å². The largest absolute Gasteiger partial charge is 0.504 e. The molecule has 1 aliphatic heterocycles. The number of thioether (sulfide) groups is 1. The van der Waals surface area contributed by atoms with Crippen LogP contribution in [0.1, 0.15) is 36.9 Å². The Kier molecular flexibility index (Phi) is 7.89. The topological polar surface area (TPSA) is 99.9 Å². The van der Waals surface area contributed by atoms with Crippen molar-refractivity contribution in [2.75, 3.05) is 30.9 Å². The number of methoxy groups -OCH3 is 1. The summed E-state index contributed by atoms with van der Waals surface area (Å²) in [6.45, 7) is 3.90. The lowest BCUT2D eigenvalue weighted by molar-refractivity contribution is -0.118. The van der Waals surface area contributed by atoms with E-state index in [1.807, 2.05) is 13.0 Å². The van der Waals surface area contributed by atoms with Gasteiger partial charge in [0.05, 0.1) is 19.1 Å². The molecule has 2 N–H and O–H groups in total. The monoisotopic (exact) mass is 429 g/mol. The zero-order valence-corrected chi connectivity index (χ0v) is 18.1. The quantitative estimate of drug-likeness (QED) is 0.302. The van der Waals surface area contributed by atoms with E-state index in [0.29, 0.717) is 11.3 Å². The lowest BCUT2D eigenvalue weighted by atomic mass is 10.2. The third-order valence-electron chi connectivity index (χ3n) is 4.67. The van der Waals surface area contributed by atoms with E-state index in [9.17, 15) is 9.90 Å². The van der Waals surface area contributed by atoms with E-state index in [0.717, 1.165) is 42.6 Å². The lowest BCUT2D eigenvalue weighted by Gasteiger charge is -2.20. The molecule has 1 aromatic carbocycles. The first kappa shape index (κ1) is 21.9. The summed E-state index contributed by atoms with van der Waals surface area (Å²) in [5.41, 5.74) is 4.10. The van der Waals surface area contributed by atoms with E-state index in [1.54, 1.807) is 12.1 Å². The number of hydrazone groups is 1. The van der Waals surface area contributed by atoms with Crippen molar-refractivity contribution in [1.82, 2.24) is 15.4 Å². The Morgan fingerprint density at radius 3 is 2.77 bits per heavy atom. The summed E-state index contributed by atoms with van der Waals surface area (Å²) in [7, 11) is 1.47. The molecule has 0 aliphatic carbocycles. The predicted octanol–water partition coefficient (Wildman–Crippen LogP) is 3.12. The number of phenols is 1. The molecule has 1 aromatic heterocycles. The van der Waals surface area contributed by atoms with Crippen LogP contribution in [0.4, 0.5) is 5.95 Å². The SMILES string of the molecule is COc1cc(/C=N/NC(=O)CSc2cc(C)nc(N3CCCCCC3)n2)ccc1O. The Morgan fingerprint density at radius 2 is 2.03 bits per heavy atom. The number of rotatable bonds is 7. The molecule has 1 saturated heterocycles. The van der Waals surface area contributed by atoms with E-state index in [2.05, 4.69) is 25.4 Å². The molecular formula is C21H27N5O3S. The number of hydrogen-bond donors (Lipinski definition) is 2. The number of nitrogens with zero attached hydrogens (tertiary/aromatic N) is 4. The second-order valence-electron chi connectivity index (χ2n) is 7.06. The zero-order valence-electron chi connectivity index (χ0n) is 17.3. The summed E-state index contributed by atoms with van der Waals surface area (Å²) in [6, 6.07) is 6.71. The molecule has 1 fully saturated rings. The summed E-state index contributed by atoms with van der Waals surface area (Å²) in [6.07, 6.45) is 6.32. The number of hydrogen-bond acceptors (Lipinski definition) is 8. The number of aromatic nitrogens is 2. The smallest absolute Gasteiger partial charge is 0.250 e. The van der Waals surface area contributed by atoms with Gasteiger partial charge in [-0.15, -0.1) is 0 Å². The summed E-state index contributed by atoms with van der Waals surface area (Å²) in [5.74, 6) is 1.12. The molecule has 3 rings (SSSR count). The molecule has 160 valence electrons. The van der Waals surface area contributed by atoms with Gasteiger partial charge in [0, 0.05) is 18.8 Å². The van der Waals surface area contributed by atoms with E-state index < -0.39 is 0 Å². The van der Waals surface area contributed by atoms with Gasteiger partial charge in [-0.1, -0.05) is 24.6 Å². The Hall–Kier alpha value is -2.81. The maximum Gasteiger partial charge on any atom is 0.250 e. The number of ether oxygens (including phenoxy) is 1. The Bertz CT molecular complexity index is 898. The van der Waals surface area contributed by atoms with Gasteiger partial charge in [-0.05, 0) is 49.6 Å². The van der Waals surface area contributed by atoms with Crippen LogP contribution in [-0.4, -0.2) is 53.1 Å². The lowest BCUT2D eigenvalue weighted by Crippen LogP contribution is -2.26. The third-order valence-corrected chi connectivity index (χ3v) is 5.58. The predicted molar refractivity (Wildman–Crippen MR) is 119 cm³/mol. The molecule has 0 bridgehead atoms. The number of anilines is 1. The maximum atomic E-state index is 12.1. The van der Waals surface area contributed by atoms with E-state index >= 15 is 0 Å². The number of aryl methyl sites for hydroxylation is 1. The molecular weight excluding hydrogens is 402 g/mol. The van der Waals surface area contributed by atoms with E-state index in [1.165, 1.54) is 44.0 Å². The number of phenolic OH excluding ortho intramolecular Hbond substituents is 1. The van der Waals surface area contributed by atoms with Crippen molar-refractivity contribution in [2.24, 2.45) is 5.10 Å². The highest BCUT2D eigenvalue weighted by Gasteiger charge is 2.14. The molecule has 1 aliphatic rings. The van der Waals surface area contributed by atoms with Crippen molar-refractivity contribution in [3.05, 3.63) is 35.5 Å². The van der Waals surface area contributed by atoms with E-state index in [4.69, 9.17) is 4.74 Å². The van der Waals surface area contributed by atoms with Gasteiger partial charge in [0.1, 0.15) is 5.03 Å². The Balaban J connectivity index is 1.54. The van der Waals surface area contributed by atoms with Gasteiger partial charge >= 0.3 is 0 Å². The number of nitrogens with one attached hydrogen (secondary N) is 1. The second-order valence-corrected chi connectivity index (χ2v) is 8.06. The Labute approximate surface area is 180 Å². The van der Waals surface area contributed by atoms with Gasteiger partial charge in [-0.25, -0.2) is 15.4 Å². The minimum atomic E-state index is -0.227. The molecule has 0 radical (unpaired) electrons. The standard InChI is InChI=1S/C21H27N5O3S/c1-15-11-20(24-21(23-15)26-9-5-3-4-6-10-26)30-14-19(28)25-22-13-16-7-8-17(27)18(12-16)29-2/h7-8,11-13,27H,3-6,9-10,14H2,1-2H3,(H,25,28)/b22-13+. The summed E-state index contributed by atoms with van der Waals surface area (Å²) < 4.78 is 5.05. The van der Waals surface area contributed by atoms with Gasteiger partial charge in [-0.3, -0.25) is 4.79 Å². The van der Waals surface area contributed by atoms with Gasteiger partial charge in [0.15, 0.2) is 11.5 Å². The Morgan fingerprint density at radius 1 is 1.27 bits per heavy atom. The minimum Gasteiger partial charge on any atom is -0.504 e. The summed E-state index contributed by atoms with van der Waals surface area (Å²) in [4.78, 5) is 23.6. The highest BCUT2D eigenvalue weighted by atomic mass is 32.2. The zero-order chi connectivity index (χ0) is 21.3. The molecule has 2 heterocycles. The average molecular weight is 430 g/mol. The van der Waals surface area contributed by atoms with Gasteiger partial charge < -0.3 is 14.7 Å². The van der Waals surface area contributed by atoms with Gasteiger partial charge in [0.25, 0.3) is 0 Å². The molecule has 30 heavy (non-hydrogen) atoms. The molecule has 9 heteroatoms. The molecule has 0 spiro atoms. The van der Waals surface area contributed by atoms with Crippen molar-refractivity contribution in [3.63, 3.8) is 0 Å². The highest BCUT2D eigenvalue weighted by molar-refractivity contribution is 7.99. The van der Waals surface area contributed by atoms with Gasteiger partial charge in [0.2, 0.25) is 11.9 Å². The van der Waals surface area contributed by atoms with Crippen molar-refractivity contribution in [3.8, 4) is 11.5 Å². The molecule has 0 unspecified atom stereocenters. The summed E-state index contributed by atoms with van der Waals surface area (Å²) >= 11 is 1.36. The fourth-order valence-electron chi connectivity index (χ4n) is 3.14. The third kappa shape index (κ3) is 6.35. The van der Waals surface area contributed by atoms with Crippen LogP contribution in [0, 0.1) is 6.92 Å². The van der Waals surface area contributed by atoms with Crippen molar-refractivity contribution in [1.29, 1.82) is 0 Å². The number of amides is 1. The van der Waals surface area contributed by atoms with Crippen LogP contribution in [0.5, 0.6) is 11.5 Å². The molecule has 1 amide bonds. The van der Waals surface area contributed by atoms with Gasteiger partial charge in [-0.2, -0.15) is 5.10 Å². The second kappa shape index (κ2) is 10.8. The first-order valence-electron chi connectivity index (χ1n) is 9.97. The minimum absolute atomic E-state index is 0.0507. The van der Waals surface area contributed by atoms with Crippen molar-refractivity contribution < 1.29 is 14.6 Å². The van der Waals surface area contributed by atoms with Crippen LogP contribution in [0.15, 0.2) is 34.4 Å². The molecule has 0 atom stereocenters. The maximum absolute atomic E-state index is 12.1. The summed E-state index contributed by atoms with van der Waals surface area (Å²) in [5, 5.41) is 14.4.